The Morgan fingerprint density at radius 2 is 1.92 bits per heavy atom. The average Bonchev–Trinajstić information content (AvgIpc) is 2.07. The molecular formula is C8H19NO3. The normalized spacial score (nSPS) is 13.8. The first-order chi connectivity index (χ1) is 5.76. The van der Waals surface area contributed by atoms with Gasteiger partial charge < -0.3 is 19.9 Å². The summed E-state index contributed by atoms with van der Waals surface area (Å²) in [5.74, 6) is 0. The predicted molar refractivity (Wildman–Crippen MR) is 47.0 cm³/mol. The van der Waals surface area contributed by atoms with Crippen LogP contribution in [0.15, 0.2) is 0 Å². The van der Waals surface area contributed by atoms with Gasteiger partial charge >= 0.3 is 0 Å². The molecule has 0 aliphatic rings. The number of nitrogens with one attached hydrogen (secondary N) is 1. The van der Waals surface area contributed by atoms with E-state index in [-0.39, 0.29) is 0 Å². The van der Waals surface area contributed by atoms with Crippen molar-refractivity contribution >= 4 is 0 Å². The molecule has 1 unspecified atom stereocenters. The minimum Gasteiger partial charge on any atom is -0.388 e. The van der Waals surface area contributed by atoms with Gasteiger partial charge in [-0.1, -0.05) is 0 Å². The van der Waals surface area contributed by atoms with Gasteiger partial charge in [0.25, 0.3) is 0 Å². The average molecular weight is 177 g/mol. The SMILES string of the molecule is CNCCCC(O)C(OC)OC. The van der Waals surface area contributed by atoms with Gasteiger partial charge in [0.05, 0.1) is 0 Å². The Bertz CT molecular complexity index is 96.3. The molecule has 0 aromatic heterocycles. The predicted octanol–water partition coefficient (Wildman–Crippen LogP) is -0.0342. The summed E-state index contributed by atoms with van der Waals surface area (Å²) in [6, 6.07) is 0. The molecule has 0 rings (SSSR count). The third-order valence-corrected chi connectivity index (χ3v) is 1.71. The maximum Gasteiger partial charge on any atom is 0.182 e. The van der Waals surface area contributed by atoms with Crippen molar-refractivity contribution in [1.82, 2.24) is 5.32 Å². The summed E-state index contributed by atoms with van der Waals surface area (Å²) in [4.78, 5) is 0. The Balaban J connectivity index is 3.47. The van der Waals surface area contributed by atoms with Crippen LogP contribution in [0.1, 0.15) is 12.8 Å². The molecule has 0 saturated carbocycles. The summed E-state index contributed by atoms with van der Waals surface area (Å²) in [5, 5.41) is 12.5. The zero-order valence-corrected chi connectivity index (χ0v) is 8.04. The molecule has 0 bridgehead atoms. The van der Waals surface area contributed by atoms with Gasteiger partial charge in [-0.3, -0.25) is 0 Å². The number of methoxy groups -OCH3 is 2. The van der Waals surface area contributed by atoms with E-state index in [0.717, 1.165) is 13.0 Å². The maximum absolute atomic E-state index is 9.46. The third-order valence-electron chi connectivity index (χ3n) is 1.71. The molecule has 0 aliphatic carbocycles. The Morgan fingerprint density at radius 1 is 1.33 bits per heavy atom. The molecule has 12 heavy (non-hydrogen) atoms. The number of hydrogen-bond acceptors (Lipinski definition) is 4. The zero-order valence-electron chi connectivity index (χ0n) is 8.04. The number of hydrogen-bond donors (Lipinski definition) is 2. The van der Waals surface area contributed by atoms with E-state index < -0.39 is 12.4 Å². The van der Waals surface area contributed by atoms with Crippen molar-refractivity contribution in [2.75, 3.05) is 27.8 Å². The van der Waals surface area contributed by atoms with Crippen LogP contribution in [0.25, 0.3) is 0 Å². The summed E-state index contributed by atoms with van der Waals surface area (Å²) in [6.45, 7) is 0.900. The molecule has 0 spiro atoms. The molecule has 4 heteroatoms. The van der Waals surface area contributed by atoms with E-state index in [1.165, 1.54) is 14.2 Å². The first-order valence-corrected chi connectivity index (χ1v) is 4.14. The minimum atomic E-state index is -0.534. The first kappa shape index (κ1) is 11.8. The standard InChI is InChI=1S/C8H19NO3/c1-9-6-4-5-7(10)8(11-2)12-3/h7-10H,4-6H2,1-3H3. The third kappa shape index (κ3) is 4.66. The fourth-order valence-electron chi connectivity index (χ4n) is 1.03. The zero-order chi connectivity index (χ0) is 9.40. The molecule has 2 N–H and O–H groups in total. The largest absolute Gasteiger partial charge is 0.388 e. The second-order valence-corrected chi connectivity index (χ2v) is 2.65. The highest BCUT2D eigenvalue weighted by Crippen LogP contribution is 2.05. The van der Waals surface area contributed by atoms with Gasteiger partial charge in [-0.2, -0.15) is 0 Å². The van der Waals surface area contributed by atoms with Crippen LogP contribution in [-0.4, -0.2) is 45.3 Å². The van der Waals surface area contributed by atoms with Crippen molar-refractivity contribution in [2.45, 2.75) is 25.2 Å². The highest BCUT2D eigenvalue weighted by Gasteiger charge is 2.16. The fraction of sp³-hybridized carbons (Fsp3) is 1.00. The van der Waals surface area contributed by atoms with Gasteiger partial charge in [0.1, 0.15) is 6.10 Å². The van der Waals surface area contributed by atoms with Gasteiger partial charge in [-0.25, -0.2) is 0 Å². The molecule has 74 valence electrons. The summed E-state index contributed by atoms with van der Waals surface area (Å²) in [7, 11) is 4.93. The molecule has 0 aromatic rings. The number of ether oxygens (including phenoxy) is 2. The lowest BCUT2D eigenvalue weighted by Crippen LogP contribution is -2.30. The fourth-order valence-corrected chi connectivity index (χ4v) is 1.03. The Hall–Kier alpha value is -0.160. The molecule has 0 radical (unpaired) electrons. The summed E-state index contributed by atoms with van der Waals surface area (Å²) in [6.07, 6.45) is 0.573. The van der Waals surface area contributed by atoms with Crippen molar-refractivity contribution in [2.24, 2.45) is 0 Å². The van der Waals surface area contributed by atoms with Crippen LogP contribution >= 0.6 is 0 Å². The monoisotopic (exact) mass is 177 g/mol. The smallest absolute Gasteiger partial charge is 0.182 e. The Morgan fingerprint density at radius 3 is 2.33 bits per heavy atom. The van der Waals surface area contributed by atoms with Gasteiger partial charge in [0, 0.05) is 14.2 Å². The van der Waals surface area contributed by atoms with Gasteiger partial charge in [0.15, 0.2) is 6.29 Å². The van der Waals surface area contributed by atoms with E-state index in [4.69, 9.17) is 9.47 Å². The van der Waals surface area contributed by atoms with E-state index in [2.05, 4.69) is 5.32 Å². The lowest BCUT2D eigenvalue weighted by atomic mass is 10.2. The molecule has 1 atom stereocenters. The van der Waals surface area contributed by atoms with Gasteiger partial charge in [0.2, 0.25) is 0 Å². The maximum atomic E-state index is 9.46. The van der Waals surface area contributed by atoms with Crippen molar-refractivity contribution in [3.05, 3.63) is 0 Å². The molecular weight excluding hydrogens is 158 g/mol. The second kappa shape index (κ2) is 7.49. The van der Waals surface area contributed by atoms with Crippen LogP contribution in [0, 0.1) is 0 Å². The first-order valence-electron chi connectivity index (χ1n) is 4.14. The summed E-state index contributed by atoms with van der Waals surface area (Å²) in [5.41, 5.74) is 0. The van der Waals surface area contributed by atoms with Crippen LogP contribution in [0.3, 0.4) is 0 Å². The van der Waals surface area contributed by atoms with Crippen molar-refractivity contribution in [1.29, 1.82) is 0 Å². The highest BCUT2D eigenvalue weighted by atomic mass is 16.7. The van der Waals surface area contributed by atoms with E-state index in [0.29, 0.717) is 6.42 Å². The Labute approximate surface area is 73.9 Å². The van der Waals surface area contributed by atoms with Crippen LogP contribution in [0.2, 0.25) is 0 Å². The van der Waals surface area contributed by atoms with Crippen molar-refractivity contribution < 1.29 is 14.6 Å². The topological polar surface area (TPSA) is 50.7 Å². The molecule has 0 aliphatic heterocycles. The van der Waals surface area contributed by atoms with Crippen LogP contribution < -0.4 is 5.32 Å². The molecule has 0 heterocycles. The molecule has 4 nitrogen and oxygen atoms in total. The number of rotatable bonds is 7. The lowest BCUT2D eigenvalue weighted by Gasteiger charge is -2.19. The molecule has 0 fully saturated rings. The Kier molecular flexibility index (Phi) is 7.39. The van der Waals surface area contributed by atoms with Crippen LogP contribution in [0.5, 0.6) is 0 Å². The summed E-state index contributed by atoms with van der Waals surface area (Å²) >= 11 is 0. The van der Waals surface area contributed by atoms with Crippen molar-refractivity contribution in [3.63, 3.8) is 0 Å². The van der Waals surface area contributed by atoms with Gasteiger partial charge in [-0.05, 0) is 26.4 Å². The van der Waals surface area contributed by atoms with E-state index in [1.807, 2.05) is 7.05 Å². The summed E-state index contributed by atoms with van der Waals surface area (Å²) < 4.78 is 9.80. The molecule has 0 aromatic carbocycles. The van der Waals surface area contributed by atoms with E-state index >= 15 is 0 Å². The van der Waals surface area contributed by atoms with Crippen LogP contribution in [-0.2, 0) is 9.47 Å². The van der Waals surface area contributed by atoms with Gasteiger partial charge in [-0.15, -0.1) is 0 Å². The highest BCUT2D eigenvalue weighted by molar-refractivity contribution is 4.60. The number of aliphatic hydroxyl groups is 1. The second-order valence-electron chi connectivity index (χ2n) is 2.65. The van der Waals surface area contributed by atoms with E-state index in [1.54, 1.807) is 0 Å². The molecule has 0 amide bonds. The minimum absolute atomic E-state index is 0.498. The van der Waals surface area contributed by atoms with Crippen LogP contribution in [0.4, 0.5) is 0 Å². The lowest BCUT2D eigenvalue weighted by molar-refractivity contribution is -0.165. The van der Waals surface area contributed by atoms with E-state index in [9.17, 15) is 5.11 Å². The quantitative estimate of drug-likeness (QED) is 0.423. The molecule has 0 saturated heterocycles. The number of aliphatic hydroxyl groups excluding tert-OH is 1. The van der Waals surface area contributed by atoms with Crippen molar-refractivity contribution in [3.8, 4) is 0 Å².